The van der Waals surface area contributed by atoms with Crippen molar-refractivity contribution in [2.24, 2.45) is 0 Å². The molecule has 1 unspecified atom stereocenters. The van der Waals surface area contributed by atoms with Crippen LogP contribution in [0.2, 0.25) is 0 Å². The van der Waals surface area contributed by atoms with Gasteiger partial charge >= 0.3 is 0 Å². The zero-order valence-electron chi connectivity index (χ0n) is 7.23. The van der Waals surface area contributed by atoms with Gasteiger partial charge in [-0.15, -0.1) is 0 Å². The molecule has 1 heterocycles. The maximum Gasteiger partial charge on any atom is 0.109 e. The van der Waals surface area contributed by atoms with Gasteiger partial charge in [-0.25, -0.2) is 0 Å². The highest BCUT2D eigenvalue weighted by molar-refractivity contribution is 5.14. The van der Waals surface area contributed by atoms with Crippen LogP contribution in [-0.4, -0.2) is 20.8 Å². The van der Waals surface area contributed by atoms with Gasteiger partial charge in [-0.3, -0.25) is 4.98 Å². The molecule has 0 fully saturated rings. The van der Waals surface area contributed by atoms with Crippen molar-refractivity contribution in [2.45, 2.75) is 25.6 Å². The number of hydrogen-bond acceptors (Lipinski definition) is 3. The van der Waals surface area contributed by atoms with Gasteiger partial charge in [-0.1, -0.05) is 6.07 Å². The first kappa shape index (κ1) is 9.16. The highest BCUT2D eigenvalue weighted by Gasteiger charge is 2.25. The molecule has 0 spiro atoms. The lowest BCUT2D eigenvalue weighted by atomic mass is 9.96. The topological polar surface area (TPSA) is 53.4 Å². The number of hydrogen-bond donors (Lipinski definition) is 2. The van der Waals surface area contributed by atoms with Gasteiger partial charge in [0.1, 0.15) is 6.10 Å². The Labute approximate surface area is 71.7 Å². The first-order valence-corrected chi connectivity index (χ1v) is 3.82. The Balaban J connectivity index is 2.86. The second kappa shape index (κ2) is 3.21. The minimum atomic E-state index is -1.12. The Hall–Kier alpha value is -0.930. The number of aliphatic hydroxyl groups excluding tert-OH is 1. The Morgan fingerprint density at radius 3 is 2.58 bits per heavy atom. The van der Waals surface area contributed by atoms with E-state index in [2.05, 4.69) is 4.98 Å². The summed E-state index contributed by atoms with van der Waals surface area (Å²) in [6.45, 7) is 3.12. The fraction of sp³-hybridized carbons (Fsp3) is 0.444. The Kier molecular flexibility index (Phi) is 2.45. The molecule has 3 heteroatoms. The maximum absolute atomic E-state index is 9.57. The first-order chi connectivity index (χ1) is 5.52. The van der Waals surface area contributed by atoms with E-state index in [-0.39, 0.29) is 0 Å². The molecule has 66 valence electrons. The molecule has 12 heavy (non-hydrogen) atoms. The average Bonchev–Trinajstić information content (AvgIpc) is 2.03. The van der Waals surface area contributed by atoms with Crippen molar-refractivity contribution in [1.82, 2.24) is 4.98 Å². The van der Waals surface area contributed by atoms with Gasteiger partial charge in [0, 0.05) is 18.0 Å². The van der Waals surface area contributed by atoms with E-state index < -0.39 is 11.7 Å². The number of aliphatic hydroxyl groups is 2. The lowest BCUT2D eigenvalue weighted by Crippen LogP contribution is -2.28. The van der Waals surface area contributed by atoms with Crippen molar-refractivity contribution in [2.75, 3.05) is 0 Å². The smallest absolute Gasteiger partial charge is 0.109 e. The fourth-order valence-electron chi connectivity index (χ4n) is 0.946. The van der Waals surface area contributed by atoms with Gasteiger partial charge in [-0.2, -0.15) is 0 Å². The molecule has 1 aromatic heterocycles. The summed E-state index contributed by atoms with van der Waals surface area (Å²) in [5.74, 6) is 0. The highest BCUT2D eigenvalue weighted by atomic mass is 16.3. The molecule has 0 radical (unpaired) electrons. The van der Waals surface area contributed by atoms with Crippen LogP contribution in [0.3, 0.4) is 0 Å². The highest BCUT2D eigenvalue weighted by Crippen LogP contribution is 2.23. The summed E-state index contributed by atoms with van der Waals surface area (Å²) in [6.07, 6.45) is 2.29. The molecular formula is C9H13NO2. The lowest BCUT2D eigenvalue weighted by Gasteiger charge is -2.24. The summed E-state index contributed by atoms with van der Waals surface area (Å²) in [5, 5.41) is 19.0. The summed E-state index contributed by atoms with van der Waals surface area (Å²) in [7, 11) is 0. The van der Waals surface area contributed by atoms with E-state index in [1.54, 1.807) is 38.4 Å². The first-order valence-electron chi connectivity index (χ1n) is 3.82. The Morgan fingerprint density at radius 2 is 2.17 bits per heavy atom. The molecule has 0 aliphatic carbocycles. The summed E-state index contributed by atoms with van der Waals surface area (Å²) in [6, 6.07) is 3.46. The standard InChI is InChI=1S/C9H13NO2/c1-9(2,12)8(11)7-4-3-5-10-6-7/h3-6,8,11-12H,1-2H3. The van der Waals surface area contributed by atoms with Crippen LogP contribution in [-0.2, 0) is 0 Å². The van der Waals surface area contributed by atoms with Gasteiger partial charge < -0.3 is 10.2 Å². The van der Waals surface area contributed by atoms with Crippen LogP contribution in [0.4, 0.5) is 0 Å². The second-order valence-electron chi connectivity index (χ2n) is 3.34. The van der Waals surface area contributed by atoms with Crippen LogP contribution in [0, 0.1) is 0 Å². The molecule has 2 N–H and O–H groups in total. The van der Waals surface area contributed by atoms with Crippen molar-refractivity contribution in [1.29, 1.82) is 0 Å². The third kappa shape index (κ3) is 2.03. The second-order valence-corrected chi connectivity index (χ2v) is 3.34. The van der Waals surface area contributed by atoms with E-state index in [0.717, 1.165) is 0 Å². The summed E-state index contributed by atoms with van der Waals surface area (Å²) >= 11 is 0. The molecular weight excluding hydrogens is 154 g/mol. The van der Waals surface area contributed by atoms with E-state index in [9.17, 15) is 10.2 Å². The molecule has 0 bridgehead atoms. The number of aromatic nitrogens is 1. The third-order valence-electron chi connectivity index (χ3n) is 1.67. The fourth-order valence-corrected chi connectivity index (χ4v) is 0.946. The van der Waals surface area contributed by atoms with Gasteiger partial charge in [0.15, 0.2) is 0 Å². The monoisotopic (exact) mass is 167 g/mol. The minimum Gasteiger partial charge on any atom is -0.387 e. The number of nitrogens with zero attached hydrogens (tertiary/aromatic N) is 1. The zero-order valence-corrected chi connectivity index (χ0v) is 7.23. The van der Waals surface area contributed by atoms with E-state index in [4.69, 9.17) is 0 Å². The van der Waals surface area contributed by atoms with Crippen LogP contribution >= 0.6 is 0 Å². The summed E-state index contributed by atoms with van der Waals surface area (Å²) in [4.78, 5) is 3.85. The van der Waals surface area contributed by atoms with Gasteiger partial charge in [-0.05, 0) is 19.9 Å². The van der Waals surface area contributed by atoms with Crippen LogP contribution in [0.15, 0.2) is 24.5 Å². The Morgan fingerprint density at radius 1 is 1.50 bits per heavy atom. The largest absolute Gasteiger partial charge is 0.387 e. The molecule has 0 saturated heterocycles. The third-order valence-corrected chi connectivity index (χ3v) is 1.67. The van der Waals surface area contributed by atoms with Gasteiger partial charge in [0.05, 0.1) is 5.60 Å². The zero-order chi connectivity index (χ0) is 9.19. The lowest BCUT2D eigenvalue weighted by molar-refractivity contribution is -0.0498. The van der Waals surface area contributed by atoms with E-state index in [0.29, 0.717) is 5.56 Å². The molecule has 0 aromatic carbocycles. The van der Waals surface area contributed by atoms with Crippen molar-refractivity contribution < 1.29 is 10.2 Å². The maximum atomic E-state index is 9.57. The molecule has 1 atom stereocenters. The average molecular weight is 167 g/mol. The normalized spacial score (nSPS) is 14.3. The van der Waals surface area contributed by atoms with Crippen LogP contribution in [0.5, 0.6) is 0 Å². The SMILES string of the molecule is CC(C)(O)C(O)c1cccnc1. The van der Waals surface area contributed by atoms with Crippen molar-refractivity contribution in [3.05, 3.63) is 30.1 Å². The quantitative estimate of drug-likeness (QED) is 0.687. The van der Waals surface area contributed by atoms with Crippen LogP contribution < -0.4 is 0 Å². The molecule has 0 aliphatic heterocycles. The van der Waals surface area contributed by atoms with Gasteiger partial charge in [0.25, 0.3) is 0 Å². The van der Waals surface area contributed by atoms with Gasteiger partial charge in [0.2, 0.25) is 0 Å². The molecule has 0 aliphatic rings. The van der Waals surface area contributed by atoms with Crippen molar-refractivity contribution in [3.8, 4) is 0 Å². The van der Waals surface area contributed by atoms with E-state index in [1.807, 2.05) is 0 Å². The summed E-state index contributed by atoms with van der Waals surface area (Å²) < 4.78 is 0. The summed E-state index contributed by atoms with van der Waals surface area (Å²) in [5.41, 5.74) is -0.492. The minimum absolute atomic E-state index is 0.630. The molecule has 1 rings (SSSR count). The number of pyridine rings is 1. The predicted octanol–water partition coefficient (Wildman–Crippen LogP) is 0.886. The molecule has 1 aromatic rings. The molecule has 3 nitrogen and oxygen atoms in total. The van der Waals surface area contributed by atoms with E-state index >= 15 is 0 Å². The van der Waals surface area contributed by atoms with Crippen molar-refractivity contribution in [3.63, 3.8) is 0 Å². The molecule has 0 amide bonds. The number of rotatable bonds is 2. The predicted molar refractivity (Wildman–Crippen MR) is 45.5 cm³/mol. The molecule has 0 saturated carbocycles. The van der Waals surface area contributed by atoms with Crippen LogP contribution in [0.25, 0.3) is 0 Å². The Bertz CT molecular complexity index is 240. The van der Waals surface area contributed by atoms with Crippen LogP contribution in [0.1, 0.15) is 25.5 Å². The van der Waals surface area contributed by atoms with E-state index in [1.165, 1.54) is 0 Å². The van der Waals surface area contributed by atoms with Crippen molar-refractivity contribution >= 4 is 0 Å².